The monoisotopic (exact) mass is 315 g/mol. The number of aromatic nitrogens is 1. The van der Waals surface area contributed by atoms with E-state index in [0.29, 0.717) is 0 Å². The summed E-state index contributed by atoms with van der Waals surface area (Å²) < 4.78 is 0. The third kappa shape index (κ3) is 3.62. The fourth-order valence-corrected chi connectivity index (χ4v) is 3.28. The van der Waals surface area contributed by atoms with Crippen LogP contribution < -0.4 is 0 Å². The highest BCUT2D eigenvalue weighted by Crippen LogP contribution is 2.37. The van der Waals surface area contributed by atoms with Crippen LogP contribution in [0.4, 0.5) is 0 Å². The molecule has 2 nitrogen and oxygen atoms in total. The highest BCUT2D eigenvalue weighted by molar-refractivity contribution is 7.09. The molecule has 0 aliphatic rings. The molecular formula is C14H15Cl2NOS. The molecular weight excluding hydrogens is 301 g/mol. The largest absolute Gasteiger partial charge is 0.505 e. The topological polar surface area (TPSA) is 33.1 Å². The number of phenols is 1. The number of nitrogens with zero attached hydrogens (tertiary/aromatic N) is 1. The molecule has 1 aromatic carbocycles. The summed E-state index contributed by atoms with van der Waals surface area (Å²) in [5.74, 6) is -0.0859. The first-order chi connectivity index (χ1) is 8.76. The quantitative estimate of drug-likeness (QED) is 0.803. The summed E-state index contributed by atoms with van der Waals surface area (Å²) in [6.45, 7) is 6.55. The van der Waals surface area contributed by atoms with Crippen molar-refractivity contribution in [2.24, 2.45) is 5.41 Å². The first kappa shape index (κ1) is 14.6. The molecule has 0 spiro atoms. The van der Waals surface area contributed by atoms with Gasteiger partial charge in [-0.1, -0.05) is 44.0 Å². The Balaban J connectivity index is 2.33. The minimum atomic E-state index is -0.0859. The van der Waals surface area contributed by atoms with Crippen LogP contribution in [0.5, 0.6) is 5.75 Å². The zero-order valence-electron chi connectivity index (χ0n) is 11.0. The van der Waals surface area contributed by atoms with Crippen molar-refractivity contribution in [1.82, 2.24) is 4.98 Å². The van der Waals surface area contributed by atoms with Gasteiger partial charge in [0, 0.05) is 17.4 Å². The van der Waals surface area contributed by atoms with Crippen molar-refractivity contribution in [3.05, 3.63) is 32.6 Å². The summed E-state index contributed by atoms with van der Waals surface area (Å²) in [7, 11) is 0. The maximum Gasteiger partial charge on any atom is 0.152 e. The highest BCUT2D eigenvalue weighted by Gasteiger charge is 2.15. The van der Waals surface area contributed by atoms with Gasteiger partial charge in [0.25, 0.3) is 0 Å². The van der Waals surface area contributed by atoms with Gasteiger partial charge >= 0.3 is 0 Å². The van der Waals surface area contributed by atoms with Crippen molar-refractivity contribution in [3.8, 4) is 17.0 Å². The predicted molar refractivity (Wildman–Crippen MR) is 82.4 cm³/mol. The molecule has 0 fully saturated rings. The third-order valence-corrected chi connectivity index (χ3v) is 3.97. The Morgan fingerprint density at radius 1 is 1.21 bits per heavy atom. The predicted octanol–water partition coefficient (Wildman–Crippen LogP) is 5.41. The molecule has 0 radical (unpaired) electrons. The van der Waals surface area contributed by atoms with E-state index in [1.807, 2.05) is 5.38 Å². The molecule has 0 saturated heterocycles. The first-order valence-electron chi connectivity index (χ1n) is 5.89. The van der Waals surface area contributed by atoms with E-state index in [4.69, 9.17) is 23.2 Å². The molecule has 5 heteroatoms. The Bertz CT molecular complexity index is 579. The summed E-state index contributed by atoms with van der Waals surface area (Å²) >= 11 is 13.5. The minimum Gasteiger partial charge on any atom is -0.505 e. The number of thiazole rings is 1. The number of hydrogen-bond donors (Lipinski definition) is 1. The zero-order valence-corrected chi connectivity index (χ0v) is 13.3. The zero-order chi connectivity index (χ0) is 14.2. The maximum atomic E-state index is 9.55. The van der Waals surface area contributed by atoms with Gasteiger partial charge in [-0.05, 0) is 17.5 Å². The molecule has 19 heavy (non-hydrogen) atoms. The average molecular weight is 316 g/mol. The summed E-state index contributed by atoms with van der Waals surface area (Å²) in [4.78, 5) is 4.60. The van der Waals surface area contributed by atoms with Gasteiger partial charge < -0.3 is 5.11 Å². The Kier molecular flexibility index (Phi) is 4.09. The Labute approximate surface area is 127 Å². The van der Waals surface area contributed by atoms with E-state index in [0.717, 1.165) is 22.7 Å². The van der Waals surface area contributed by atoms with Crippen molar-refractivity contribution in [2.75, 3.05) is 0 Å². The number of hydrogen-bond acceptors (Lipinski definition) is 3. The SMILES string of the molecule is CC(C)(C)Cc1nc(-c2cc(Cl)c(O)c(Cl)c2)cs1. The van der Waals surface area contributed by atoms with Crippen LogP contribution in [-0.2, 0) is 6.42 Å². The summed E-state index contributed by atoms with van der Waals surface area (Å²) in [6, 6.07) is 3.36. The standard InChI is InChI=1S/C14H15Cl2NOS/c1-14(2,3)6-12-17-11(7-19-12)8-4-9(15)13(18)10(16)5-8/h4-5,7,18H,6H2,1-3H3. The summed E-state index contributed by atoms with van der Waals surface area (Å²) in [6.07, 6.45) is 0.928. The van der Waals surface area contributed by atoms with Crippen LogP contribution in [0.25, 0.3) is 11.3 Å². The van der Waals surface area contributed by atoms with Crippen LogP contribution in [0, 0.1) is 5.41 Å². The summed E-state index contributed by atoms with van der Waals surface area (Å²) in [5, 5.41) is 13.1. The Morgan fingerprint density at radius 3 is 2.32 bits per heavy atom. The molecule has 1 heterocycles. The van der Waals surface area contributed by atoms with Crippen LogP contribution in [0.1, 0.15) is 25.8 Å². The molecule has 0 aliphatic heterocycles. The first-order valence-corrected chi connectivity index (χ1v) is 7.52. The van der Waals surface area contributed by atoms with Crippen molar-refractivity contribution < 1.29 is 5.11 Å². The number of rotatable bonds is 2. The fraction of sp³-hybridized carbons (Fsp3) is 0.357. The van der Waals surface area contributed by atoms with Gasteiger partial charge in [-0.15, -0.1) is 11.3 Å². The van der Waals surface area contributed by atoms with Crippen molar-refractivity contribution >= 4 is 34.5 Å². The average Bonchev–Trinajstić information content (AvgIpc) is 2.71. The van der Waals surface area contributed by atoms with E-state index in [1.165, 1.54) is 0 Å². The van der Waals surface area contributed by atoms with Gasteiger partial charge in [0.05, 0.1) is 20.7 Å². The molecule has 1 N–H and O–H groups in total. The van der Waals surface area contributed by atoms with Gasteiger partial charge in [0.2, 0.25) is 0 Å². The molecule has 0 unspecified atom stereocenters. The van der Waals surface area contributed by atoms with E-state index in [9.17, 15) is 5.11 Å². The van der Waals surface area contributed by atoms with Crippen molar-refractivity contribution in [1.29, 1.82) is 0 Å². The van der Waals surface area contributed by atoms with Gasteiger partial charge in [-0.3, -0.25) is 0 Å². The summed E-state index contributed by atoms with van der Waals surface area (Å²) in [5.41, 5.74) is 1.87. The second-order valence-electron chi connectivity index (χ2n) is 5.65. The van der Waals surface area contributed by atoms with Crippen molar-refractivity contribution in [3.63, 3.8) is 0 Å². The maximum absolute atomic E-state index is 9.55. The fourth-order valence-electron chi connectivity index (χ4n) is 1.69. The molecule has 0 atom stereocenters. The molecule has 102 valence electrons. The number of aromatic hydroxyl groups is 1. The number of phenolic OH excluding ortho intramolecular Hbond substituents is 1. The highest BCUT2D eigenvalue weighted by atomic mass is 35.5. The van der Waals surface area contributed by atoms with E-state index in [-0.39, 0.29) is 21.2 Å². The number of halogens is 2. The van der Waals surface area contributed by atoms with Crippen LogP contribution in [0.3, 0.4) is 0 Å². The van der Waals surface area contributed by atoms with E-state index >= 15 is 0 Å². The van der Waals surface area contributed by atoms with Gasteiger partial charge in [0.15, 0.2) is 5.75 Å². The third-order valence-electron chi connectivity index (χ3n) is 2.55. The lowest BCUT2D eigenvalue weighted by atomic mass is 9.93. The minimum absolute atomic E-state index is 0.0859. The van der Waals surface area contributed by atoms with E-state index < -0.39 is 0 Å². The smallest absolute Gasteiger partial charge is 0.152 e. The lowest BCUT2D eigenvalue weighted by Gasteiger charge is -2.15. The molecule has 0 amide bonds. The lowest BCUT2D eigenvalue weighted by Crippen LogP contribution is -2.08. The molecule has 1 aromatic heterocycles. The van der Waals surface area contributed by atoms with Crippen LogP contribution in [-0.4, -0.2) is 10.1 Å². The van der Waals surface area contributed by atoms with Crippen LogP contribution in [0.15, 0.2) is 17.5 Å². The van der Waals surface area contributed by atoms with Crippen LogP contribution in [0.2, 0.25) is 10.0 Å². The molecule has 0 aliphatic carbocycles. The second kappa shape index (κ2) is 5.31. The van der Waals surface area contributed by atoms with Gasteiger partial charge in [0.1, 0.15) is 0 Å². The van der Waals surface area contributed by atoms with Crippen molar-refractivity contribution in [2.45, 2.75) is 27.2 Å². The van der Waals surface area contributed by atoms with E-state index in [1.54, 1.807) is 23.5 Å². The van der Waals surface area contributed by atoms with E-state index in [2.05, 4.69) is 25.8 Å². The normalized spacial score (nSPS) is 11.8. The van der Waals surface area contributed by atoms with Crippen LogP contribution >= 0.6 is 34.5 Å². The lowest BCUT2D eigenvalue weighted by molar-refractivity contribution is 0.410. The molecule has 2 aromatic rings. The number of benzene rings is 1. The van der Waals surface area contributed by atoms with Gasteiger partial charge in [-0.25, -0.2) is 4.98 Å². The van der Waals surface area contributed by atoms with Gasteiger partial charge in [-0.2, -0.15) is 0 Å². The Hall–Kier alpha value is -0.770. The molecule has 2 rings (SSSR count). The Morgan fingerprint density at radius 2 is 1.79 bits per heavy atom. The molecule has 0 bridgehead atoms. The molecule has 0 saturated carbocycles. The second-order valence-corrected chi connectivity index (χ2v) is 7.41.